The molecule has 0 spiro atoms. The molecule has 2 amide bonds. The molecule has 1 aliphatic heterocycles. The van der Waals surface area contributed by atoms with E-state index < -0.39 is 0 Å². The fourth-order valence-corrected chi connectivity index (χ4v) is 1.99. The van der Waals surface area contributed by atoms with E-state index in [9.17, 15) is 4.79 Å². The van der Waals surface area contributed by atoms with E-state index in [2.05, 4.69) is 18.8 Å². The van der Waals surface area contributed by atoms with Crippen molar-refractivity contribution < 1.29 is 4.79 Å². The van der Waals surface area contributed by atoms with Gasteiger partial charge in [-0.05, 0) is 24.7 Å². The lowest BCUT2D eigenvalue weighted by atomic mass is 10.0. The maximum atomic E-state index is 11.5. The number of carbonyl (C=O) groups excluding carboxylic acids is 1. The zero-order valence-electron chi connectivity index (χ0n) is 8.73. The highest BCUT2D eigenvalue weighted by Gasteiger charge is 2.38. The Labute approximate surface area is 84.2 Å². The van der Waals surface area contributed by atoms with Crippen molar-refractivity contribution in [1.82, 2.24) is 4.90 Å². The summed E-state index contributed by atoms with van der Waals surface area (Å²) in [6, 6.07) is -0.115. The highest BCUT2D eigenvalue weighted by Crippen LogP contribution is 2.32. The Morgan fingerprint density at radius 1 is 1.57 bits per heavy atom. The van der Waals surface area contributed by atoms with Crippen molar-refractivity contribution in [3.8, 4) is 0 Å². The van der Waals surface area contributed by atoms with Gasteiger partial charge in [0.15, 0.2) is 0 Å². The van der Waals surface area contributed by atoms with Gasteiger partial charge in [0.2, 0.25) is 0 Å². The van der Waals surface area contributed by atoms with Crippen LogP contribution in [0.1, 0.15) is 26.7 Å². The molecule has 1 fully saturated rings. The fraction of sp³-hybridized carbons (Fsp3) is 0.800. The molecule has 1 aliphatic carbocycles. The molecule has 0 radical (unpaired) electrons. The van der Waals surface area contributed by atoms with Gasteiger partial charge >= 0.3 is 6.03 Å². The van der Waals surface area contributed by atoms with Crippen LogP contribution in [0.5, 0.6) is 0 Å². The van der Waals surface area contributed by atoms with Crippen LogP contribution < -0.4 is 5.73 Å². The van der Waals surface area contributed by atoms with Crippen LogP contribution in [0.15, 0.2) is 4.99 Å². The molecule has 1 unspecified atom stereocenters. The summed E-state index contributed by atoms with van der Waals surface area (Å²) >= 11 is 0. The quantitative estimate of drug-likeness (QED) is 0.736. The van der Waals surface area contributed by atoms with Crippen LogP contribution in [0.25, 0.3) is 0 Å². The zero-order valence-corrected chi connectivity index (χ0v) is 8.73. The minimum Gasteiger partial charge on any atom is -0.385 e. The number of urea groups is 1. The Hall–Kier alpha value is -1.06. The SMILES string of the molecule is CC(C)C1C(N)=NC(=O)N1CC1CC1. The lowest BCUT2D eigenvalue weighted by Crippen LogP contribution is -2.44. The first-order valence-electron chi connectivity index (χ1n) is 5.24. The minimum absolute atomic E-state index is 0.0306. The van der Waals surface area contributed by atoms with E-state index in [4.69, 9.17) is 5.73 Å². The molecule has 0 aromatic carbocycles. The third-order valence-corrected chi connectivity index (χ3v) is 2.89. The second kappa shape index (κ2) is 3.26. The number of hydrogen-bond donors (Lipinski definition) is 1. The van der Waals surface area contributed by atoms with Gasteiger partial charge in [-0.3, -0.25) is 0 Å². The normalized spacial score (nSPS) is 27.4. The van der Waals surface area contributed by atoms with E-state index in [0.29, 0.717) is 17.7 Å². The molecule has 1 heterocycles. The number of rotatable bonds is 3. The highest BCUT2D eigenvalue weighted by atomic mass is 16.2. The van der Waals surface area contributed by atoms with Crippen molar-refractivity contribution in [2.45, 2.75) is 32.7 Å². The van der Waals surface area contributed by atoms with Gasteiger partial charge in [-0.2, -0.15) is 4.99 Å². The molecular weight excluding hydrogens is 178 g/mol. The highest BCUT2D eigenvalue weighted by molar-refractivity contribution is 6.02. The Kier molecular flexibility index (Phi) is 2.21. The largest absolute Gasteiger partial charge is 0.385 e. The van der Waals surface area contributed by atoms with Crippen LogP contribution in [0, 0.1) is 11.8 Å². The summed E-state index contributed by atoms with van der Waals surface area (Å²) < 4.78 is 0. The van der Waals surface area contributed by atoms with E-state index in [1.54, 1.807) is 0 Å². The van der Waals surface area contributed by atoms with Gasteiger partial charge in [0.05, 0.1) is 6.04 Å². The molecule has 0 bridgehead atoms. The molecule has 4 heteroatoms. The van der Waals surface area contributed by atoms with Gasteiger partial charge in [0, 0.05) is 6.54 Å². The van der Waals surface area contributed by atoms with Crippen molar-refractivity contribution in [3.63, 3.8) is 0 Å². The lowest BCUT2D eigenvalue weighted by molar-refractivity contribution is 0.192. The number of amidine groups is 1. The van der Waals surface area contributed by atoms with Crippen LogP contribution in [-0.4, -0.2) is 29.4 Å². The molecule has 2 aliphatic rings. The summed E-state index contributed by atoms with van der Waals surface area (Å²) in [5, 5.41) is 0. The predicted octanol–water partition coefficient (Wildman–Crippen LogP) is 1.21. The van der Waals surface area contributed by atoms with Gasteiger partial charge in [0.1, 0.15) is 5.84 Å². The maximum absolute atomic E-state index is 11.5. The van der Waals surface area contributed by atoms with Gasteiger partial charge in [0.25, 0.3) is 0 Å². The van der Waals surface area contributed by atoms with Crippen molar-refractivity contribution in [2.75, 3.05) is 6.54 Å². The molecule has 0 aromatic rings. The van der Waals surface area contributed by atoms with E-state index in [-0.39, 0.29) is 12.1 Å². The van der Waals surface area contributed by atoms with E-state index in [1.807, 2.05) is 4.90 Å². The summed E-state index contributed by atoms with van der Waals surface area (Å²) in [6.07, 6.45) is 2.49. The van der Waals surface area contributed by atoms with Crippen LogP contribution in [0.3, 0.4) is 0 Å². The third kappa shape index (κ3) is 1.61. The topological polar surface area (TPSA) is 58.7 Å². The molecule has 4 nitrogen and oxygen atoms in total. The summed E-state index contributed by atoms with van der Waals surface area (Å²) in [7, 11) is 0. The van der Waals surface area contributed by atoms with Gasteiger partial charge in [-0.25, -0.2) is 4.79 Å². The number of aliphatic imine (C=N–C) groups is 1. The van der Waals surface area contributed by atoms with Gasteiger partial charge in [-0.15, -0.1) is 0 Å². The van der Waals surface area contributed by atoms with E-state index >= 15 is 0 Å². The monoisotopic (exact) mass is 195 g/mol. The second-order valence-corrected chi connectivity index (χ2v) is 4.60. The van der Waals surface area contributed by atoms with Crippen LogP contribution >= 0.6 is 0 Å². The Morgan fingerprint density at radius 3 is 2.71 bits per heavy atom. The molecule has 14 heavy (non-hydrogen) atoms. The Morgan fingerprint density at radius 2 is 2.21 bits per heavy atom. The number of nitrogens with two attached hydrogens (primary N) is 1. The van der Waals surface area contributed by atoms with Crippen molar-refractivity contribution >= 4 is 11.9 Å². The molecule has 1 atom stereocenters. The average molecular weight is 195 g/mol. The fourth-order valence-electron chi connectivity index (χ4n) is 1.99. The van der Waals surface area contributed by atoms with Crippen molar-refractivity contribution in [1.29, 1.82) is 0 Å². The smallest absolute Gasteiger partial charge is 0.345 e. The minimum atomic E-state index is -0.145. The summed E-state index contributed by atoms with van der Waals surface area (Å²) in [4.78, 5) is 17.2. The first kappa shape index (κ1) is 9.49. The molecular formula is C10H17N3O. The van der Waals surface area contributed by atoms with Crippen molar-refractivity contribution in [2.24, 2.45) is 22.6 Å². The molecule has 2 N–H and O–H groups in total. The number of hydrogen-bond acceptors (Lipinski definition) is 2. The Bertz CT molecular complexity index is 281. The van der Waals surface area contributed by atoms with Crippen LogP contribution in [0.4, 0.5) is 4.79 Å². The van der Waals surface area contributed by atoms with E-state index in [0.717, 1.165) is 6.54 Å². The van der Waals surface area contributed by atoms with Gasteiger partial charge < -0.3 is 10.6 Å². The number of nitrogens with zero attached hydrogens (tertiary/aromatic N) is 2. The molecule has 0 aromatic heterocycles. The molecule has 2 rings (SSSR count). The first-order valence-corrected chi connectivity index (χ1v) is 5.24. The second-order valence-electron chi connectivity index (χ2n) is 4.60. The average Bonchev–Trinajstić information content (AvgIpc) is 2.80. The molecule has 78 valence electrons. The van der Waals surface area contributed by atoms with E-state index in [1.165, 1.54) is 12.8 Å². The van der Waals surface area contributed by atoms with Crippen LogP contribution in [0.2, 0.25) is 0 Å². The number of carbonyl (C=O) groups is 1. The summed E-state index contributed by atoms with van der Waals surface area (Å²) in [5.41, 5.74) is 5.74. The molecule has 0 saturated heterocycles. The Balaban J connectivity index is 2.09. The summed E-state index contributed by atoms with van der Waals surface area (Å²) in [6.45, 7) is 4.99. The molecule has 1 saturated carbocycles. The maximum Gasteiger partial charge on any atom is 0.345 e. The first-order chi connectivity index (χ1) is 6.59. The third-order valence-electron chi connectivity index (χ3n) is 2.89. The number of amides is 2. The van der Waals surface area contributed by atoms with Gasteiger partial charge in [-0.1, -0.05) is 13.8 Å². The van der Waals surface area contributed by atoms with Crippen LogP contribution in [-0.2, 0) is 0 Å². The van der Waals surface area contributed by atoms with Crippen molar-refractivity contribution in [3.05, 3.63) is 0 Å². The lowest BCUT2D eigenvalue weighted by Gasteiger charge is -2.26. The standard InChI is InChI=1S/C10H17N3O/c1-6(2)8-9(11)12-10(14)13(8)5-7-3-4-7/h6-8H,3-5H2,1-2H3,(H2,11,12,14). The zero-order chi connectivity index (χ0) is 10.3. The predicted molar refractivity (Wildman–Crippen MR) is 55.1 cm³/mol. The summed E-state index contributed by atoms with van der Waals surface area (Å²) in [5.74, 6) is 1.54.